The predicted molar refractivity (Wildman–Crippen MR) is 91.3 cm³/mol. The molecule has 1 saturated heterocycles. The highest BCUT2D eigenvalue weighted by atomic mass is 35.5. The van der Waals surface area contributed by atoms with Crippen molar-refractivity contribution in [1.82, 2.24) is 4.98 Å². The minimum absolute atomic E-state index is 0.0600. The van der Waals surface area contributed by atoms with E-state index in [1.807, 2.05) is 12.1 Å². The van der Waals surface area contributed by atoms with Gasteiger partial charge >= 0.3 is 0 Å². The fourth-order valence-corrected chi connectivity index (χ4v) is 2.60. The molecule has 23 heavy (non-hydrogen) atoms. The lowest BCUT2D eigenvalue weighted by atomic mass is 10.3. The molecule has 1 aromatic carbocycles. The van der Waals surface area contributed by atoms with Gasteiger partial charge in [-0.3, -0.25) is 4.79 Å². The Labute approximate surface area is 140 Å². The van der Waals surface area contributed by atoms with Gasteiger partial charge < -0.3 is 15.0 Å². The predicted octanol–water partition coefficient (Wildman–Crippen LogP) is 3.35. The van der Waals surface area contributed by atoms with Crippen molar-refractivity contribution in [2.75, 3.05) is 29.9 Å². The average Bonchev–Trinajstić information content (AvgIpc) is 3.09. The number of hydrogen-bond donors (Lipinski definition) is 1. The molecule has 6 heteroatoms. The number of carbonyl (C=O) groups is 1. The number of amides is 1. The standard InChI is InChI=1S/C17H18ClN3O2/c18-13-3-6-15(7-4-13)23-12-17(22)20-14-5-8-16(19-11-14)21-9-1-2-10-21/h3-8,11H,1-2,9-10,12H2,(H,20,22). The van der Waals surface area contributed by atoms with Crippen LogP contribution in [0.5, 0.6) is 5.75 Å². The van der Waals surface area contributed by atoms with E-state index in [9.17, 15) is 4.79 Å². The topological polar surface area (TPSA) is 54.5 Å². The minimum Gasteiger partial charge on any atom is -0.484 e. The molecule has 0 radical (unpaired) electrons. The van der Waals surface area contributed by atoms with E-state index < -0.39 is 0 Å². The lowest BCUT2D eigenvalue weighted by Crippen LogP contribution is -2.21. The first-order chi connectivity index (χ1) is 11.2. The van der Waals surface area contributed by atoms with Gasteiger partial charge in [-0.05, 0) is 49.2 Å². The Balaban J connectivity index is 1.50. The van der Waals surface area contributed by atoms with Crippen molar-refractivity contribution in [3.8, 4) is 5.75 Å². The molecule has 0 saturated carbocycles. The van der Waals surface area contributed by atoms with Crippen LogP contribution in [0.25, 0.3) is 0 Å². The summed E-state index contributed by atoms with van der Waals surface area (Å²) < 4.78 is 5.40. The molecule has 1 aliphatic heterocycles. The Morgan fingerprint density at radius 2 is 1.91 bits per heavy atom. The quantitative estimate of drug-likeness (QED) is 0.912. The van der Waals surface area contributed by atoms with Gasteiger partial charge in [0.05, 0.1) is 11.9 Å². The van der Waals surface area contributed by atoms with Crippen molar-refractivity contribution in [2.24, 2.45) is 0 Å². The third kappa shape index (κ3) is 4.36. The van der Waals surface area contributed by atoms with Crippen LogP contribution in [0.15, 0.2) is 42.6 Å². The molecule has 0 atom stereocenters. The lowest BCUT2D eigenvalue weighted by molar-refractivity contribution is -0.118. The maximum atomic E-state index is 11.9. The number of rotatable bonds is 5. The Hall–Kier alpha value is -2.27. The first kappa shape index (κ1) is 15.6. The zero-order valence-corrected chi connectivity index (χ0v) is 13.4. The summed E-state index contributed by atoms with van der Waals surface area (Å²) in [5.41, 5.74) is 0.664. The van der Waals surface area contributed by atoms with Gasteiger partial charge in [0.15, 0.2) is 6.61 Å². The molecular weight excluding hydrogens is 314 g/mol. The van der Waals surface area contributed by atoms with Crippen LogP contribution in [0, 0.1) is 0 Å². The SMILES string of the molecule is O=C(COc1ccc(Cl)cc1)Nc1ccc(N2CCCC2)nc1. The Kier molecular flexibility index (Phi) is 4.98. The average molecular weight is 332 g/mol. The molecule has 0 spiro atoms. The normalized spacial score (nSPS) is 13.9. The van der Waals surface area contributed by atoms with Crippen LogP contribution < -0.4 is 15.0 Å². The Bertz CT molecular complexity index is 653. The summed E-state index contributed by atoms with van der Waals surface area (Å²) >= 11 is 5.80. The Morgan fingerprint density at radius 1 is 1.17 bits per heavy atom. The van der Waals surface area contributed by atoms with Gasteiger partial charge in [0.25, 0.3) is 5.91 Å². The molecule has 2 heterocycles. The molecule has 2 aromatic rings. The highest BCUT2D eigenvalue weighted by molar-refractivity contribution is 6.30. The number of benzene rings is 1. The molecule has 1 amide bonds. The van der Waals surface area contributed by atoms with Crippen LogP contribution in [0.4, 0.5) is 11.5 Å². The summed E-state index contributed by atoms with van der Waals surface area (Å²) in [4.78, 5) is 18.5. The number of carbonyl (C=O) groups excluding carboxylic acids is 1. The minimum atomic E-state index is -0.226. The van der Waals surface area contributed by atoms with Crippen LogP contribution in [-0.2, 0) is 4.79 Å². The molecule has 0 bridgehead atoms. The molecule has 0 unspecified atom stereocenters. The fraction of sp³-hybridized carbons (Fsp3) is 0.294. The summed E-state index contributed by atoms with van der Waals surface area (Å²) in [5, 5.41) is 3.40. The molecule has 1 N–H and O–H groups in total. The van der Waals surface area contributed by atoms with Crippen molar-refractivity contribution in [3.63, 3.8) is 0 Å². The Morgan fingerprint density at radius 3 is 2.57 bits per heavy atom. The van der Waals surface area contributed by atoms with Crippen molar-refractivity contribution in [3.05, 3.63) is 47.6 Å². The molecule has 1 aromatic heterocycles. The number of halogens is 1. The van der Waals surface area contributed by atoms with E-state index >= 15 is 0 Å². The first-order valence-electron chi connectivity index (χ1n) is 7.60. The highest BCUT2D eigenvalue weighted by Gasteiger charge is 2.13. The number of ether oxygens (including phenoxy) is 1. The lowest BCUT2D eigenvalue weighted by Gasteiger charge is -2.16. The third-order valence-corrected chi connectivity index (χ3v) is 3.90. The van der Waals surface area contributed by atoms with Crippen LogP contribution in [0.1, 0.15) is 12.8 Å². The van der Waals surface area contributed by atoms with E-state index in [4.69, 9.17) is 16.3 Å². The zero-order valence-electron chi connectivity index (χ0n) is 12.7. The van der Waals surface area contributed by atoms with Crippen LogP contribution in [0.2, 0.25) is 5.02 Å². The number of anilines is 2. The van der Waals surface area contributed by atoms with Gasteiger partial charge in [-0.15, -0.1) is 0 Å². The summed E-state index contributed by atoms with van der Waals surface area (Å²) in [7, 11) is 0. The fourth-order valence-electron chi connectivity index (χ4n) is 2.47. The van der Waals surface area contributed by atoms with E-state index in [0.717, 1.165) is 18.9 Å². The summed E-state index contributed by atoms with van der Waals surface area (Å²) in [6, 6.07) is 10.7. The molecule has 1 fully saturated rings. The van der Waals surface area contributed by atoms with Gasteiger partial charge in [-0.1, -0.05) is 11.6 Å². The van der Waals surface area contributed by atoms with E-state index in [2.05, 4.69) is 15.2 Å². The van der Waals surface area contributed by atoms with Crippen molar-refractivity contribution in [1.29, 1.82) is 0 Å². The van der Waals surface area contributed by atoms with E-state index in [0.29, 0.717) is 16.5 Å². The number of nitrogens with zero attached hydrogens (tertiary/aromatic N) is 2. The number of aromatic nitrogens is 1. The maximum absolute atomic E-state index is 11.9. The molecule has 5 nitrogen and oxygen atoms in total. The maximum Gasteiger partial charge on any atom is 0.262 e. The second-order valence-electron chi connectivity index (χ2n) is 5.39. The van der Waals surface area contributed by atoms with E-state index in [1.165, 1.54) is 12.8 Å². The highest BCUT2D eigenvalue weighted by Crippen LogP contribution is 2.19. The molecular formula is C17H18ClN3O2. The molecule has 1 aliphatic rings. The van der Waals surface area contributed by atoms with Crippen molar-refractivity contribution in [2.45, 2.75) is 12.8 Å². The summed E-state index contributed by atoms with van der Waals surface area (Å²) in [6.45, 7) is 2.04. The largest absolute Gasteiger partial charge is 0.484 e. The number of hydrogen-bond acceptors (Lipinski definition) is 4. The molecule has 0 aliphatic carbocycles. The van der Waals surface area contributed by atoms with Crippen molar-refractivity contribution < 1.29 is 9.53 Å². The number of nitrogens with one attached hydrogen (secondary N) is 1. The van der Waals surface area contributed by atoms with Crippen molar-refractivity contribution >= 4 is 29.0 Å². The first-order valence-corrected chi connectivity index (χ1v) is 7.98. The van der Waals surface area contributed by atoms with Crippen LogP contribution >= 0.6 is 11.6 Å². The van der Waals surface area contributed by atoms with Gasteiger partial charge in [-0.2, -0.15) is 0 Å². The van der Waals surface area contributed by atoms with Crippen LogP contribution in [-0.4, -0.2) is 30.6 Å². The van der Waals surface area contributed by atoms with Gasteiger partial charge in [0.2, 0.25) is 0 Å². The smallest absolute Gasteiger partial charge is 0.262 e. The molecule has 3 rings (SSSR count). The summed E-state index contributed by atoms with van der Waals surface area (Å²) in [5.74, 6) is 1.33. The second kappa shape index (κ2) is 7.33. The summed E-state index contributed by atoms with van der Waals surface area (Å²) in [6.07, 6.45) is 4.10. The zero-order chi connectivity index (χ0) is 16.1. The second-order valence-corrected chi connectivity index (χ2v) is 5.83. The van der Waals surface area contributed by atoms with Gasteiger partial charge in [0.1, 0.15) is 11.6 Å². The van der Waals surface area contributed by atoms with Gasteiger partial charge in [-0.25, -0.2) is 4.98 Å². The third-order valence-electron chi connectivity index (χ3n) is 3.65. The van der Waals surface area contributed by atoms with Crippen LogP contribution in [0.3, 0.4) is 0 Å². The number of pyridine rings is 1. The van der Waals surface area contributed by atoms with E-state index in [1.54, 1.807) is 30.5 Å². The monoisotopic (exact) mass is 331 g/mol. The van der Waals surface area contributed by atoms with Gasteiger partial charge in [0, 0.05) is 18.1 Å². The molecule has 120 valence electrons. The van der Waals surface area contributed by atoms with E-state index in [-0.39, 0.29) is 12.5 Å².